The third kappa shape index (κ3) is 5.32. The van der Waals surface area contributed by atoms with E-state index in [0.717, 1.165) is 12.3 Å². The molecular weight excluding hydrogens is 433 g/mol. The van der Waals surface area contributed by atoms with Crippen LogP contribution >= 0.6 is 11.6 Å². The van der Waals surface area contributed by atoms with Gasteiger partial charge >= 0.3 is 6.18 Å². The maximum Gasteiger partial charge on any atom is 0.417 e. The zero-order valence-electron chi connectivity index (χ0n) is 15.8. The van der Waals surface area contributed by atoms with Crippen LogP contribution in [-0.4, -0.2) is 86.4 Å². The zero-order chi connectivity index (χ0) is 21.4. The molecule has 0 aromatic carbocycles. The van der Waals surface area contributed by atoms with Crippen molar-refractivity contribution in [2.24, 2.45) is 0 Å². The van der Waals surface area contributed by atoms with Crippen LogP contribution in [0.1, 0.15) is 12.0 Å². The molecule has 2 saturated heterocycles. The van der Waals surface area contributed by atoms with E-state index in [1.807, 2.05) is 0 Å². The third-order valence-electron chi connectivity index (χ3n) is 5.30. The van der Waals surface area contributed by atoms with Crippen LogP contribution < -0.4 is 4.90 Å². The lowest BCUT2D eigenvalue weighted by Crippen LogP contribution is -2.52. The number of hydrogen-bond donors (Lipinski definition) is 0. The molecular formula is C17H22ClF3N4O3S. The molecule has 7 nitrogen and oxygen atoms in total. The van der Waals surface area contributed by atoms with Gasteiger partial charge in [-0.05, 0) is 19.5 Å². The summed E-state index contributed by atoms with van der Waals surface area (Å²) < 4.78 is 61.4. The monoisotopic (exact) mass is 454 g/mol. The van der Waals surface area contributed by atoms with Gasteiger partial charge in [0.2, 0.25) is 5.91 Å². The minimum Gasteiger partial charge on any atom is -0.352 e. The maximum atomic E-state index is 12.7. The topological polar surface area (TPSA) is 73.8 Å². The molecule has 2 fully saturated rings. The lowest BCUT2D eigenvalue weighted by atomic mass is 10.2. The molecule has 2 aliphatic heterocycles. The fourth-order valence-corrected chi connectivity index (χ4v) is 5.64. The summed E-state index contributed by atoms with van der Waals surface area (Å²) in [4.78, 5) is 21.6. The Kier molecular flexibility index (Phi) is 6.30. The molecule has 2 aliphatic rings. The summed E-state index contributed by atoms with van der Waals surface area (Å²) >= 11 is 5.99. The van der Waals surface area contributed by atoms with Gasteiger partial charge in [0, 0.05) is 38.4 Å². The van der Waals surface area contributed by atoms with E-state index in [-0.39, 0.29) is 40.8 Å². The highest BCUT2D eigenvalue weighted by Gasteiger charge is 2.34. The highest BCUT2D eigenvalue weighted by molar-refractivity contribution is 7.91. The molecule has 3 heterocycles. The number of halogens is 4. The molecule has 0 bridgehead atoms. The Morgan fingerprint density at radius 1 is 1.31 bits per heavy atom. The van der Waals surface area contributed by atoms with E-state index >= 15 is 0 Å². The van der Waals surface area contributed by atoms with Crippen LogP contribution in [0.5, 0.6) is 0 Å². The van der Waals surface area contributed by atoms with Crippen LogP contribution in [0.3, 0.4) is 0 Å². The summed E-state index contributed by atoms with van der Waals surface area (Å²) in [5, 5.41) is -0.0817. The van der Waals surface area contributed by atoms with Crippen LogP contribution in [0.4, 0.5) is 19.0 Å². The summed E-state index contributed by atoms with van der Waals surface area (Å²) in [5.74, 6) is 0.376. The molecule has 1 atom stereocenters. The molecule has 0 spiro atoms. The summed E-state index contributed by atoms with van der Waals surface area (Å²) in [6, 6.07) is 0.701. The Labute approximate surface area is 172 Å². The standard InChI is InChI=1S/C17H22ClF3N4O3S/c1-23(13-2-7-29(27,28)11-13)10-15(26)24-3-5-25(6-4-24)16-14(18)8-12(9-22-16)17(19,20)21/h8-9,13H,2-7,10-11H2,1H3. The molecule has 0 saturated carbocycles. The van der Waals surface area contributed by atoms with Gasteiger partial charge in [-0.25, -0.2) is 13.4 Å². The van der Waals surface area contributed by atoms with Crippen LogP contribution in [0.25, 0.3) is 0 Å². The number of pyridine rings is 1. The van der Waals surface area contributed by atoms with Gasteiger partial charge < -0.3 is 9.80 Å². The minimum atomic E-state index is -4.51. The first kappa shape index (κ1) is 22.1. The van der Waals surface area contributed by atoms with E-state index in [9.17, 15) is 26.4 Å². The first-order valence-corrected chi connectivity index (χ1v) is 11.3. The van der Waals surface area contributed by atoms with Crippen molar-refractivity contribution in [3.8, 4) is 0 Å². The lowest BCUT2D eigenvalue weighted by Gasteiger charge is -2.37. The van der Waals surface area contributed by atoms with Crippen molar-refractivity contribution in [2.75, 3.05) is 56.2 Å². The van der Waals surface area contributed by atoms with Crippen molar-refractivity contribution in [1.82, 2.24) is 14.8 Å². The number of piperazine rings is 1. The molecule has 29 heavy (non-hydrogen) atoms. The second-order valence-corrected chi connectivity index (χ2v) is 10.0. The van der Waals surface area contributed by atoms with Gasteiger partial charge in [-0.1, -0.05) is 11.6 Å². The van der Waals surface area contributed by atoms with Crippen LogP contribution in [0.2, 0.25) is 5.02 Å². The number of nitrogens with zero attached hydrogens (tertiary/aromatic N) is 4. The largest absolute Gasteiger partial charge is 0.417 e. The Bertz CT molecular complexity index is 873. The van der Waals surface area contributed by atoms with Gasteiger partial charge in [-0.2, -0.15) is 13.2 Å². The highest BCUT2D eigenvalue weighted by Crippen LogP contribution is 2.33. The van der Waals surface area contributed by atoms with Gasteiger partial charge in [-0.15, -0.1) is 0 Å². The van der Waals surface area contributed by atoms with Crippen molar-refractivity contribution >= 4 is 33.2 Å². The normalized spacial score (nSPS) is 22.3. The molecule has 0 N–H and O–H groups in total. The summed E-state index contributed by atoms with van der Waals surface area (Å²) in [6.45, 7) is 1.68. The smallest absolute Gasteiger partial charge is 0.352 e. The number of amides is 1. The average molecular weight is 455 g/mol. The first-order chi connectivity index (χ1) is 13.5. The molecule has 1 aromatic rings. The predicted molar refractivity (Wildman–Crippen MR) is 103 cm³/mol. The quantitative estimate of drug-likeness (QED) is 0.687. The molecule has 1 amide bonds. The highest BCUT2D eigenvalue weighted by atomic mass is 35.5. The molecule has 1 aromatic heterocycles. The van der Waals surface area contributed by atoms with Gasteiger partial charge in [0.1, 0.15) is 5.82 Å². The first-order valence-electron chi connectivity index (χ1n) is 9.12. The van der Waals surface area contributed by atoms with Crippen molar-refractivity contribution in [2.45, 2.75) is 18.6 Å². The van der Waals surface area contributed by atoms with E-state index in [2.05, 4.69) is 4.98 Å². The third-order valence-corrected chi connectivity index (χ3v) is 7.33. The molecule has 162 valence electrons. The summed E-state index contributed by atoms with van der Waals surface area (Å²) in [5.41, 5.74) is -0.906. The molecule has 0 radical (unpaired) electrons. The van der Waals surface area contributed by atoms with E-state index < -0.39 is 21.6 Å². The fraction of sp³-hybridized carbons (Fsp3) is 0.647. The lowest BCUT2D eigenvalue weighted by molar-refractivity contribution is -0.138. The molecule has 12 heteroatoms. The number of hydrogen-bond acceptors (Lipinski definition) is 6. The number of aromatic nitrogens is 1. The predicted octanol–water partition coefficient (Wildman–Crippen LogP) is 1.52. The van der Waals surface area contributed by atoms with Gasteiger partial charge in [0.15, 0.2) is 9.84 Å². The second kappa shape index (κ2) is 8.27. The van der Waals surface area contributed by atoms with Crippen molar-refractivity contribution < 1.29 is 26.4 Å². The number of likely N-dealkylation sites (N-methyl/N-ethyl adjacent to an activating group) is 1. The Hall–Kier alpha value is -1.59. The number of rotatable bonds is 4. The number of carbonyl (C=O) groups is 1. The van der Waals surface area contributed by atoms with E-state index in [4.69, 9.17) is 11.6 Å². The van der Waals surface area contributed by atoms with Crippen LogP contribution in [-0.2, 0) is 20.8 Å². The fourth-order valence-electron chi connectivity index (χ4n) is 3.55. The minimum absolute atomic E-state index is 0.0721. The van der Waals surface area contributed by atoms with Crippen LogP contribution in [0, 0.1) is 0 Å². The summed E-state index contributed by atoms with van der Waals surface area (Å²) in [6.07, 6.45) is -3.23. The van der Waals surface area contributed by atoms with Crippen molar-refractivity contribution in [3.63, 3.8) is 0 Å². The second-order valence-electron chi connectivity index (χ2n) is 7.37. The number of sulfone groups is 1. The number of carbonyl (C=O) groups excluding carboxylic acids is 1. The van der Waals surface area contributed by atoms with Gasteiger partial charge in [-0.3, -0.25) is 9.69 Å². The Balaban J connectivity index is 1.54. The Morgan fingerprint density at radius 3 is 2.48 bits per heavy atom. The van der Waals surface area contributed by atoms with E-state index in [1.54, 1.807) is 21.7 Å². The van der Waals surface area contributed by atoms with E-state index in [0.29, 0.717) is 32.6 Å². The van der Waals surface area contributed by atoms with Gasteiger partial charge in [0.25, 0.3) is 0 Å². The number of alkyl halides is 3. The Morgan fingerprint density at radius 2 is 1.97 bits per heavy atom. The van der Waals surface area contributed by atoms with Crippen molar-refractivity contribution in [1.29, 1.82) is 0 Å². The van der Waals surface area contributed by atoms with E-state index in [1.165, 1.54) is 0 Å². The summed E-state index contributed by atoms with van der Waals surface area (Å²) in [7, 11) is -1.28. The molecule has 1 unspecified atom stereocenters. The molecule has 3 rings (SSSR count). The van der Waals surface area contributed by atoms with Crippen molar-refractivity contribution in [3.05, 3.63) is 22.8 Å². The van der Waals surface area contributed by atoms with Crippen LogP contribution in [0.15, 0.2) is 12.3 Å². The maximum absolute atomic E-state index is 12.7. The van der Waals surface area contributed by atoms with Gasteiger partial charge in [0.05, 0.1) is 28.6 Å². The number of anilines is 1. The molecule has 0 aliphatic carbocycles. The zero-order valence-corrected chi connectivity index (χ0v) is 17.4. The average Bonchev–Trinajstić information content (AvgIpc) is 3.01. The SMILES string of the molecule is CN(CC(=O)N1CCN(c2ncc(C(F)(F)F)cc2Cl)CC1)C1CCS(=O)(=O)C1.